The summed E-state index contributed by atoms with van der Waals surface area (Å²) in [4.78, 5) is 0. The number of benzene rings is 1. The maximum Gasteiger partial charge on any atom is 0.240 e. The van der Waals surface area contributed by atoms with Crippen LogP contribution in [0.15, 0.2) is 18.2 Å². The van der Waals surface area contributed by atoms with E-state index in [1.54, 1.807) is 19.1 Å². The van der Waals surface area contributed by atoms with Crippen molar-refractivity contribution >= 4 is 0 Å². The van der Waals surface area contributed by atoms with E-state index >= 15 is 0 Å². The summed E-state index contributed by atoms with van der Waals surface area (Å²) in [5.41, 5.74) is 5.85. The molecule has 5 heteroatoms. The van der Waals surface area contributed by atoms with Gasteiger partial charge < -0.3 is 15.6 Å². The molecule has 0 radical (unpaired) electrons. The molecule has 1 aromatic carbocycles. The molecule has 1 atom stereocenters. The van der Waals surface area contributed by atoms with Gasteiger partial charge in [-0.3, -0.25) is 0 Å². The van der Waals surface area contributed by atoms with Crippen LogP contribution in [-0.4, -0.2) is 18.1 Å². The van der Waals surface area contributed by atoms with Crippen LogP contribution < -0.4 is 10.5 Å². The molecule has 90 valence electrons. The van der Waals surface area contributed by atoms with Gasteiger partial charge in [-0.2, -0.15) is 0 Å². The average molecular weight is 231 g/mol. The average Bonchev–Trinajstić information content (AvgIpc) is 2.20. The van der Waals surface area contributed by atoms with Gasteiger partial charge in [0.05, 0.1) is 6.61 Å². The fourth-order valence-electron chi connectivity index (χ4n) is 1.43. The maximum atomic E-state index is 12.2. The van der Waals surface area contributed by atoms with Gasteiger partial charge in [-0.15, -0.1) is 0 Å². The van der Waals surface area contributed by atoms with Crippen molar-refractivity contribution in [2.45, 2.75) is 25.8 Å². The summed E-state index contributed by atoms with van der Waals surface area (Å²) in [7, 11) is 0. The Morgan fingerprint density at radius 1 is 1.44 bits per heavy atom. The molecule has 0 heterocycles. The van der Waals surface area contributed by atoms with Gasteiger partial charge in [-0.1, -0.05) is 12.1 Å². The number of phenolic OH excluding ortho intramolecular Hbond substituents is 1. The van der Waals surface area contributed by atoms with Crippen LogP contribution in [0.3, 0.4) is 0 Å². The number of phenols is 1. The molecule has 0 fully saturated rings. The largest absolute Gasteiger partial charge is 0.504 e. The summed E-state index contributed by atoms with van der Waals surface area (Å²) in [5.74, 6) is 0.113. The standard InChI is InChI=1S/C11H15F2NO2/c1-2-16-9-5-3-4-7(11(9)15)8(14)6-10(12)13/h3-5,8,10,15H,2,6,14H2,1H3/t8-/m0/s1. The first kappa shape index (κ1) is 12.7. The summed E-state index contributed by atoms with van der Waals surface area (Å²) in [6.45, 7) is 2.16. The van der Waals surface area contributed by atoms with Gasteiger partial charge in [0, 0.05) is 18.0 Å². The normalized spacial score (nSPS) is 12.8. The van der Waals surface area contributed by atoms with E-state index in [0.717, 1.165) is 0 Å². The summed E-state index contributed by atoms with van der Waals surface area (Å²) in [6.07, 6.45) is -2.98. The van der Waals surface area contributed by atoms with E-state index in [1.165, 1.54) is 6.07 Å². The summed E-state index contributed by atoms with van der Waals surface area (Å²) >= 11 is 0. The van der Waals surface area contributed by atoms with Gasteiger partial charge in [0.1, 0.15) is 0 Å². The minimum absolute atomic E-state index is 0.155. The molecule has 0 aliphatic heterocycles. The third kappa shape index (κ3) is 3.06. The summed E-state index contributed by atoms with van der Waals surface area (Å²) in [5, 5.41) is 9.75. The van der Waals surface area contributed by atoms with Gasteiger partial charge in [0.25, 0.3) is 0 Å². The Bertz CT molecular complexity index is 345. The Kier molecular flexibility index (Phi) is 4.49. The van der Waals surface area contributed by atoms with Crippen LogP contribution in [0.25, 0.3) is 0 Å². The van der Waals surface area contributed by atoms with Crippen LogP contribution >= 0.6 is 0 Å². The molecule has 3 N–H and O–H groups in total. The summed E-state index contributed by atoms with van der Waals surface area (Å²) in [6, 6.07) is 3.81. The number of ether oxygens (including phenoxy) is 1. The van der Waals surface area contributed by atoms with Crippen molar-refractivity contribution < 1.29 is 18.6 Å². The molecule has 0 saturated carbocycles. The van der Waals surface area contributed by atoms with Crippen LogP contribution in [0.4, 0.5) is 8.78 Å². The fraction of sp³-hybridized carbons (Fsp3) is 0.455. The van der Waals surface area contributed by atoms with E-state index in [2.05, 4.69) is 0 Å². The van der Waals surface area contributed by atoms with Crippen LogP contribution in [-0.2, 0) is 0 Å². The number of nitrogens with two attached hydrogens (primary N) is 1. The first-order valence-electron chi connectivity index (χ1n) is 5.04. The molecule has 0 saturated heterocycles. The van der Waals surface area contributed by atoms with Crippen molar-refractivity contribution in [2.75, 3.05) is 6.61 Å². The van der Waals surface area contributed by atoms with E-state index in [-0.39, 0.29) is 17.1 Å². The quantitative estimate of drug-likeness (QED) is 0.818. The van der Waals surface area contributed by atoms with Crippen molar-refractivity contribution in [1.29, 1.82) is 0 Å². The fourth-order valence-corrected chi connectivity index (χ4v) is 1.43. The Morgan fingerprint density at radius 2 is 2.12 bits per heavy atom. The van der Waals surface area contributed by atoms with Crippen LogP contribution in [0.2, 0.25) is 0 Å². The van der Waals surface area contributed by atoms with E-state index in [0.29, 0.717) is 6.61 Å². The van der Waals surface area contributed by atoms with Crippen molar-refractivity contribution in [2.24, 2.45) is 5.73 Å². The van der Waals surface area contributed by atoms with Crippen LogP contribution in [0.5, 0.6) is 11.5 Å². The smallest absolute Gasteiger partial charge is 0.240 e. The lowest BCUT2D eigenvalue weighted by molar-refractivity contribution is 0.128. The minimum atomic E-state index is -2.50. The predicted molar refractivity (Wildman–Crippen MR) is 56.8 cm³/mol. The van der Waals surface area contributed by atoms with Gasteiger partial charge in [-0.25, -0.2) is 8.78 Å². The zero-order chi connectivity index (χ0) is 12.1. The molecule has 0 unspecified atom stereocenters. The van der Waals surface area contributed by atoms with E-state index in [4.69, 9.17) is 10.5 Å². The lowest BCUT2D eigenvalue weighted by Gasteiger charge is -2.15. The van der Waals surface area contributed by atoms with Crippen molar-refractivity contribution in [3.8, 4) is 11.5 Å². The number of aromatic hydroxyl groups is 1. The van der Waals surface area contributed by atoms with Crippen molar-refractivity contribution in [1.82, 2.24) is 0 Å². The number of hydrogen-bond acceptors (Lipinski definition) is 3. The second-order valence-corrected chi connectivity index (χ2v) is 3.36. The highest BCUT2D eigenvalue weighted by molar-refractivity contribution is 5.46. The highest BCUT2D eigenvalue weighted by Crippen LogP contribution is 2.34. The monoisotopic (exact) mass is 231 g/mol. The van der Waals surface area contributed by atoms with Gasteiger partial charge in [-0.05, 0) is 13.0 Å². The molecule has 16 heavy (non-hydrogen) atoms. The molecular formula is C11H15F2NO2. The Morgan fingerprint density at radius 3 is 2.69 bits per heavy atom. The molecule has 0 bridgehead atoms. The van der Waals surface area contributed by atoms with E-state index < -0.39 is 18.9 Å². The number of alkyl halides is 2. The zero-order valence-electron chi connectivity index (χ0n) is 8.99. The number of halogens is 2. The molecule has 0 amide bonds. The van der Waals surface area contributed by atoms with E-state index in [9.17, 15) is 13.9 Å². The second kappa shape index (κ2) is 5.65. The Balaban J connectivity index is 2.91. The van der Waals surface area contributed by atoms with Crippen molar-refractivity contribution in [3.05, 3.63) is 23.8 Å². The van der Waals surface area contributed by atoms with Crippen LogP contribution in [0.1, 0.15) is 24.9 Å². The number of hydrogen-bond donors (Lipinski definition) is 2. The molecule has 0 aliphatic carbocycles. The Hall–Kier alpha value is -1.36. The molecule has 1 rings (SSSR count). The Labute approximate surface area is 92.8 Å². The predicted octanol–water partition coefficient (Wildman–Crippen LogP) is 2.45. The summed E-state index contributed by atoms with van der Waals surface area (Å²) < 4.78 is 29.5. The maximum absolute atomic E-state index is 12.2. The highest BCUT2D eigenvalue weighted by atomic mass is 19.3. The second-order valence-electron chi connectivity index (χ2n) is 3.36. The first-order chi connectivity index (χ1) is 7.56. The van der Waals surface area contributed by atoms with Crippen molar-refractivity contribution in [3.63, 3.8) is 0 Å². The van der Waals surface area contributed by atoms with Gasteiger partial charge >= 0.3 is 0 Å². The molecular weight excluding hydrogens is 216 g/mol. The lowest BCUT2D eigenvalue weighted by Crippen LogP contribution is -2.14. The molecule has 0 aromatic heterocycles. The molecule has 3 nitrogen and oxygen atoms in total. The van der Waals surface area contributed by atoms with Gasteiger partial charge in [0.15, 0.2) is 11.5 Å². The molecule has 0 aliphatic rings. The SMILES string of the molecule is CCOc1cccc([C@@H](N)CC(F)F)c1O. The third-order valence-corrected chi connectivity index (χ3v) is 2.16. The first-order valence-corrected chi connectivity index (χ1v) is 5.04. The van der Waals surface area contributed by atoms with Gasteiger partial charge in [0.2, 0.25) is 6.43 Å². The minimum Gasteiger partial charge on any atom is -0.504 e. The van der Waals surface area contributed by atoms with Crippen LogP contribution in [0, 0.1) is 0 Å². The third-order valence-electron chi connectivity index (χ3n) is 2.16. The number of rotatable bonds is 5. The number of para-hydroxylation sites is 1. The van der Waals surface area contributed by atoms with E-state index in [1.807, 2.05) is 0 Å². The lowest BCUT2D eigenvalue weighted by atomic mass is 10.0. The molecule has 1 aromatic rings. The zero-order valence-corrected chi connectivity index (χ0v) is 8.99. The highest BCUT2D eigenvalue weighted by Gasteiger charge is 2.18. The topological polar surface area (TPSA) is 55.5 Å². The molecule has 0 spiro atoms.